The SMILES string of the molecule is CC[C@H](O)c1nc2ccccc2n1CCOc1cccc(OC)c1. The van der Waals surface area contributed by atoms with Gasteiger partial charge in [0.25, 0.3) is 0 Å². The van der Waals surface area contributed by atoms with Gasteiger partial charge in [-0.05, 0) is 30.7 Å². The summed E-state index contributed by atoms with van der Waals surface area (Å²) in [6, 6.07) is 15.4. The molecule has 0 aliphatic heterocycles. The van der Waals surface area contributed by atoms with Crippen LogP contribution in [0.2, 0.25) is 0 Å². The zero-order valence-electron chi connectivity index (χ0n) is 14.0. The number of para-hydroxylation sites is 2. The van der Waals surface area contributed by atoms with E-state index in [4.69, 9.17) is 9.47 Å². The fourth-order valence-electron chi connectivity index (χ4n) is 2.71. The van der Waals surface area contributed by atoms with E-state index < -0.39 is 6.10 Å². The molecule has 0 amide bonds. The molecule has 0 unspecified atom stereocenters. The molecule has 5 nitrogen and oxygen atoms in total. The molecule has 0 aliphatic rings. The zero-order valence-corrected chi connectivity index (χ0v) is 14.0. The van der Waals surface area contributed by atoms with Crippen LogP contribution in [0.3, 0.4) is 0 Å². The quantitative estimate of drug-likeness (QED) is 0.721. The number of aromatic nitrogens is 2. The highest BCUT2D eigenvalue weighted by Crippen LogP contribution is 2.23. The van der Waals surface area contributed by atoms with Crippen LogP contribution >= 0.6 is 0 Å². The van der Waals surface area contributed by atoms with Crippen molar-refractivity contribution in [3.63, 3.8) is 0 Å². The number of ether oxygens (including phenoxy) is 2. The number of aliphatic hydroxyl groups is 1. The third-order valence-corrected chi connectivity index (χ3v) is 3.99. The van der Waals surface area contributed by atoms with Gasteiger partial charge in [0, 0.05) is 6.07 Å². The number of fused-ring (bicyclic) bond motifs is 1. The summed E-state index contributed by atoms with van der Waals surface area (Å²) in [7, 11) is 1.63. The van der Waals surface area contributed by atoms with Crippen molar-refractivity contribution in [2.45, 2.75) is 26.0 Å². The Kier molecular flexibility index (Phi) is 5.01. The van der Waals surface area contributed by atoms with Crippen LogP contribution in [0.15, 0.2) is 48.5 Å². The summed E-state index contributed by atoms with van der Waals surface area (Å²) < 4.78 is 13.1. The molecule has 3 aromatic rings. The minimum absolute atomic E-state index is 0.483. The predicted molar refractivity (Wildman–Crippen MR) is 93.5 cm³/mol. The number of benzene rings is 2. The van der Waals surface area contributed by atoms with E-state index >= 15 is 0 Å². The maximum Gasteiger partial charge on any atom is 0.138 e. The Hall–Kier alpha value is -2.53. The number of aliphatic hydroxyl groups excluding tert-OH is 1. The molecule has 1 aromatic heterocycles. The topological polar surface area (TPSA) is 56.5 Å². The molecule has 24 heavy (non-hydrogen) atoms. The number of nitrogens with zero attached hydrogens (tertiary/aromatic N) is 2. The first-order valence-electron chi connectivity index (χ1n) is 8.13. The molecule has 3 rings (SSSR count). The molecule has 1 N–H and O–H groups in total. The zero-order chi connectivity index (χ0) is 16.9. The number of imidazole rings is 1. The van der Waals surface area contributed by atoms with Gasteiger partial charge in [-0.25, -0.2) is 4.98 Å². The highest BCUT2D eigenvalue weighted by atomic mass is 16.5. The fraction of sp³-hybridized carbons (Fsp3) is 0.316. The van der Waals surface area contributed by atoms with E-state index in [-0.39, 0.29) is 0 Å². The molecule has 1 atom stereocenters. The molecule has 0 aliphatic carbocycles. The van der Waals surface area contributed by atoms with Crippen molar-refractivity contribution in [1.29, 1.82) is 0 Å². The predicted octanol–water partition coefficient (Wildman–Crippen LogP) is 3.57. The summed E-state index contributed by atoms with van der Waals surface area (Å²) in [6.45, 7) is 3.04. The monoisotopic (exact) mass is 326 g/mol. The van der Waals surface area contributed by atoms with E-state index in [1.807, 2.05) is 60.0 Å². The van der Waals surface area contributed by atoms with E-state index in [0.717, 1.165) is 22.5 Å². The minimum Gasteiger partial charge on any atom is -0.497 e. The van der Waals surface area contributed by atoms with Crippen LogP contribution in [-0.4, -0.2) is 28.4 Å². The van der Waals surface area contributed by atoms with Gasteiger partial charge in [-0.2, -0.15) is 0 Å². The fourth-order valence-corrected chi connectivity index (χ4v) is 2.71. The van der Waals surface area contributed by atoms with Crippen molar-refractivity contribution in [1.82, 2.24) is 9.55 Å². The smallest absolute Gasteiger partial charge is 0.138 e. The van der Waals surface area contributed by atoms with E-state index in [1.165, 1.54) is 0 Å². The van der Waals surface area contributed by atoms with Crippen molar-refractivity contribution in [2.24, 2.45) is 0 Å². The molecular formula is C19H22N2O3. The molecule has 5 heteroatoms. The number of rotatable bonds is 7. The number of methoxy groups -OCH3 is 1. The Bertz CT molecular complexity index is 813. The Balaban J connectivity index is 1.78. The normalized spacial score (nSPS) is 12.3. The van der Waals surface area contributed by atoms with Gasteiger partial charge in [0.1, 0.15) is 30.0 Å². The van der Waals surface area contributed by atoms with Gasteiger partial charge in [0.2, 0.25) is 0 Å². The van der Waals surface area contributed by atoms with Gasteiger partial charge in [0.05, 0.1) is 24.7 Å². The largest absolute Gasteiger partial charge is 0.497 e. The molecule has 0 radical (unpaired) electrons. The number of hydrogen-bond acceptors (Lipinski definition) is 4. The van der Waals surface area contributed by atoms with Gasteiger partial charge in [-0.3, -0.25) is 0 Å². The summed E-state index contributed by atoms with van der Waals surface area (Å²) in [5, 5.41) is 10.3. The van der Waals surface area contributed by atoms with Crippen LogP contribution in [0.5, 0.6) is 11.5 Å². The van der Waals surface area contributed by atoms with Crippen LogP contribution in [0.1, 0.15) is 25.3 Å². The van der Waals surface area contributed by atoms with Crippen LogP contribution < -0.4 is 9.47 Å². The third-order valence-electron chi connectivity index (χ3n) is 3.99. The Morgan fingerprint density at radius 1 is 1.12 bits per heavy atom. The molecule has 2 aromatic carbocycles. The van der Waals surface area contributed by atoms with Gasteiger partial charge < -0.3 is 19.1 Å². The summed E-state index contributed by atoms with van der Waals surface area (Å²) in [6.07, 6.45) is 0.0503. The first-order valence-corrected chi connectivity index (χ1v) is 8.13. The standard InChI is InChI=1S/C19H22N2O3/c1-3-18(22)19-20-16-9-4-5-10-17(16)21(19)11-12-24-15-8-6-7-14(13-15)23-2/h4-10,13,18,22H,3,11-12H2,1-2H3/t18-/m0/s1. The van der Waals surface area contributed by atoms with Crippen molar-refractivity contribution < 1.29 is 14.6 Å². The lowest BCUT2D eigenvalue weighted by Crippen LogP contribution is -2.13. The average molecular weight is 326 g/mol. The molecule has 0 spiro atoms. The van der Waals surface area contributed by atoms with E-state index in [2.05, 4.69) is 4.98 Å². The second-order valence-corrected chi connectivity index (χ2v) is 5.56. The van der Waals surface area contributed by atoms with Crippen LogP contribution in [0.25, 0.3) is 11.0 Å². The minimum atomic E-state index is -0.575. The second-order valence-electron chi connectivity index (χ2n) is 5.56. The Morgan fingerprint density at radius 2 is 1.92 bits per heavy atom. The van der Waals surface area contributed by atoms with Crippen LogP contribution in [0, 0.1) is 0 Å². The average Bonchev–Trinajstić information content (AvgIpc) is 3.00. The molecule has 0 saturated carbocycles. The lowest BCUT2D eigenvalue weighted by Gasteiger charge is -2.13. The van der Waals surface area contributed by atoms with Crippen LogP contribution in [-0.2, 0) is 6.54 Å². The lowest BCUT2D eigenvalue weighted by molar-refractivity contribution is 0.157. The van der Waals surface area contributed by atoms with Crippen molar-refractivity contribution in [2.75, 3.05) is 13.7 Å². The Labute approximate surface area is 141 Å². The summed E-state index contributed by atoms with van der Waals surface area (Å²) in [5.74, 6) is 2.21. The van der Waals surface area contributed by atoms with Gasteiger partial charge in [0.15, 0.2) is 0 Å². The van der Waals surface area contributed by atoms with E-state index in [0.29, 0.717) is 25.4 Å². The molecule has 0 saturated heterocycles. The summed E-state index contributed by atoms with van der Waals surface area (Å²) >= 11 is 0. The molecule has 0 bridgehead atoms. The second kappa shape index (κ2) is 7.36. The summed E-state index contributed by atoms with van der Waals surface area (Å²) in [5.41, 5.74) is 1.90. The molecule has 1 heterocycles. The Morgan fingerprint density at radius 3 is 2.71 bits per heavy atom. The summed E-state index contributed by atoms with van der Waals surface area (Å²) in [4.78, 5) is 4.57. The third kappa shape index (κ3) is 3.36. The van der Waals surface area contributed by atoms with Crippen molar-refractivity contribution >= 4 is 11.0 Å². The number of hydrogen-bond donors (Lipinski definition) is 1. The lowest BCUT2D eigenvalue weighted by atomic mass is 10.2. The van der Waals surface area contributed by atoms with Gasteiger partial charge in [-0.1, -0.05) is 25.1 Å². The van der Waals surface area contributed by atoms with Gasteiger partial charge in [-0.15, -0.1) is 0 Å². The first-order chi connectivity index (χ1) is 11.7. The van der Waals surface area contributed by atoms with Crippen LogP contribution in [0.4, 0.5) is 0 Å². The maximum absolute atomic E-state index is 10.3. The highest BCUT2D eigenvalue weighted by Gasteiger charge is 2.16. The molecule has 0 fully saturated rings. The molecule has 126 valence electrons. The highest BCUT2D eigenvalue weighted by molar-refractivity contribution is 5.76. The molecular weight excluding hydrogens is 304 g/mol. The van der Waals surface area contributed by atoms with E-state index in [9.17, 15) is 5.11 Å². The first kappa shape index (κ1) is 16.3. The van der Waals surface area contributed by atoms with E-state index in [1.54, 1.807) is 7.11 Å². The van der Waals surface area contributed by atoms with Crippen molar-refractivity contribution in [3.8, 4) is 11.5 Å². The van der Waals surface area contributed by atoms with Crippen molar-refractivity contribution in [3.05, 3.63) is 54.4 Å². The maximum atomic E-state index is 10.3. The van der Waals surface area contributed by atoms with Gasteiger partial charge >= 0.3 is 0 Å².